The van der Waals surface area contributed by atoms with Crippen LogP contribution in [0.1, 0.15) is 5.56 Å². The van der Waals surface area contributed by atoms with Crippen LogP contribution in [0.2, 0.25) is 5.02 Å². The molecule has 0 unspecified atom stereocenters. The molecule has 0 aliphatic heterocycles. The molecule has 1 rings (SSSR count). The van der Waals surface area contributed by atoms with Gasteiger partial charge in [-0.15, -0.1) is 19.0 Å². The van der Waals surface area contributed by atoms with Crippen molar-refractivity contribution in [2.45, 2.75) is 6.42 Å². The first kappa shape index (κ1) is 15.8. The van der Waals surface area contributed by atoms with Gasteiger partial charge in [-0.3, -0.25) is 0 Å². The fraction of sp³-hybridized carbons (Fsp3) is 0.100. The molecule has 0 aliphatic carbocycles. The molecule has 76 valence electrons. The van der Waals surface area contributed by atoms with E-state index in [1.807, 2.05) is 6.07 Å². The third-order valence-corrected chi connectivity index (χ3v) is 1.78. The zero-order chi connectivity index (χ0) is 8.97. The Morgan fingerprint density at radius 2 is 2.14 bits per heavy atom. The molecule has 1 nitrogen and oxygen atoms in total. The van der Waals surface area contributed by atoms with Gasteiger partial charge in [-0.05, 0) is 23.4 Å². The van der Waals surface area contributed by atoms with Crippen LogP contribution in [0.5, 0.6) is 0 Å². The number of allylic oxidation sites excluding steroid dienone is 1. The van der Waals surface area contributed by atoms with Gasteiger partial charge in [-0.2, -0.15) is 0 Å². The monoisotopic (exact) mass is 249 g/mol. The second-order valence-electron chi connectivity index (χ2n) is 2.39. The van der Waals surface area contributed by atoms with E-state index in [2.05, 4.69) is 11.4 Å². The Kier molecular flexibility index (Phi) is 8.68. The van der Waals surface area contributed by atoms with Gasteiger partial charge in [0.25, 0.3) is 6.57 Å². The molecule has 1 aromatic rings. The van der Waals surface area contributed by atoms with Crippen LogP contribution in [0.4, 0.5) is 5.69 Å². The molecule has 4 heteroatoms. The molecule has 0 amide bonds. The van der Waals surface area contributed by atoms with Gasteiger partial charge in [0.15, 0.2) is 0 Å². The van der Waals surface area contributed by atoms with Crippen LogP contribution in [0.25, 0.3) is 4.85 Å². The van der Waals surface area contributed by atoms with Crippen LogP contribution in [0, 0.1) is 6.57 Å². The predicted molar refractivity (Wildman–Crippen MR) is 60.6 cm³/mol. The molecular weight excluding hydrogens is 240 g/mol. The summed E-state index contributed by atoms with van der Waals surface area (Å²) in [6.07, 6.45) is 2.52. The summed E-state index contributed by atoms with van der Waals surface area (Å²) >= 11 is 5.79. The molecule has 0 radical (unpaired) electrons. The van der Waals surface area contributed by atoms with Gasteiger partial charge < -0.3 is 12.4 Å². The molecule has 14 heavy (non-hydrogen) atoms. The first-order chi connectivity index (χ1) is 5.77. The molecule has 0 bridgehead atoms. The summed E-state index contributed by atoms with van der Waals surface area (Å²) in [6.45, 7) is 8.81. The summed E-state index contributed by atoms with van der Waals surface area (Å²) in [6, 6.07) is 5.40. The van der Waals surface area contributed by atoms with E-state index in [4.69, 9.17) is 18.2 Å². The molecule has 0 aromatic heterocycles. The zero-order valence-electron chi connectivity index (χ0n) is 7.41. The van der Waals surface area contributed by atoms with E-state index >= 15 is 0 Å². The molecule has 0 atom stereocenters. The highest BCUT2D eigenvalue weighted by Crippen LogP contribution is 2.23. The van der Waals surface area contributed by atoms with Crippen LogP contribution < -0.4 is 12.4 Å². The molecule has 0 saturated carbocycles. The second-order valence-corrected chi connectivity index (χ2v) is 2.83. The van der Waals surface area contributed by atoms with Gasteiger partial charge in [0, 0.05) is 16.7 Å². The fourth-order valence-corrected chi connectivity index (χ4v) is 1.19. The van der Waals surface area contributed by atoms with Gasteiger partial charge in [0.1, 0.15) is 0 Å². The maximum atomic E-state index is 5.79. The van der Waals surface area contributed by atoms with Crippen molar-refractivity contribution in [3.8, 4) is 6.57 Å². The van der Waals surface area contributed by atoms with Gasteiger partial charge >= 0.3 is 5.69 Å². The lowest BCUT2D eigenvalue weighted by Gasteiger charge is -1.93. The van der Waals surface area contributed by atoms with Crippen LogP contribution in [0.3, 0.4) is 0 Å². The quantitative estimate of drug-likeness (QED) is 0.692. The minimum absolute atomic E-state index is 0. The minimum atomic E-state index is 0. The lowest BCUT2D eigenvalue weighted by molar-refractivity contribution is -0.00000250. The molecule has 0 spiro atoms. The lowest BCUT2D eigenvalue weighted by Crippen LogP contribution is -3.00. The lowest BCUT2D eigenvalue weighted by atomic mass is 10.1. The number of halogens is 3. The third kappa shape index (κ3) is 4.02. The van der Waals surface area contributed by atoms with Gasteiger partial charge in [0.2, 0.25) is 0 Å². The SMILES string of the molecule is C#[N+]c1ccc(Cl)cc1CC=C.Cl.[Cl-]. The largest absolute Gasteiger partial charge is 1.00 e. The van der Waals surface area contributed by atoms with Crippen LogP contribution >= 0.6 is 24.0 Å². The Labute approximate surface area is 101 Å². The van der Waals surface area contributed by atoms with Crippen molar-refractivity contribution in [2.24, 2.45) is 0 Å². The third-order valence-electron chi connectivity index (χ3n) is 1.54. The Hall–Kier alpha value is -0.680. The number of benzene rings is 1. The van der Waals surface area contributed by atoms with Crippen molar-refractivity contribution < 1.29 is 12.4 Å². The summed E-state index contributed by atoms with van der Waals surface area (Å²) in [4.78, 5) is 3.62. The molecule has 0 N–H and O–H groups in total. The molecule has 0 heterocycles. The van der Waals surface area contributed by atoms with Gasteiger partial charge in [-0.25, -0.2) is 0 Å². The highest BCUT2D eigenvalue weighted by atomic mass is 35.5. The van der Waals surface area contributed by atoms with Crippen molar-refractivity contribution in [1.29, 1.82) is 0 Å². The summed E-state index contributed by atoms with van der Waals surface area (Å²) in [7, 11) is 0. The summed E-state index contributed by atoms with van der Waals surface area (Å²) in [5, 5.41) is 0.694. The highest BCUT2D eigenvalue weighted by molar-refractivity contribution is 6.30. The molecule has 0 saturated heterocycles. The Bertz CT molecular complexity index is 342. The van der Waals surface area contributed by atoms with Crippen molar-refractivity contribution in [1.82, 2.24) is 0 Å². The van der Waals surface area contributed by atoms with Crippen LogP contribution in [-0.4, -0.2) is 0 Å². The van der Waals surface area contributed by atoms with Crippen LogP contribution in [-0.2, 0) is 6.42 Å². The van der Waals surface area contributed by atoms with Crippen molar-refractivity contribution in [3.63, 3.8) is 0 Å². The topological polar surface area (TPSA) is 4.36 Å². The summed E-state index contributed by atoms with van der Waals surface area (Å²) < 4.78 is 0. The Morgan fingerprint density at radius 3 is 2.64 bits per heavy atom. The first-order valence-electron chi connectivity index (χ1n) is 3.58. The van der Waals surface area contributed by atoms with E-state index in [1.54, 1.807) is 18.2 Å². The number of hydrogen-bond acceptors (Lipinski definition) is 0. The van der Waals surface area contributed by atoms with Crippen LogP contribution in [0.15, 0.2) is 30.9 Å². The fourth-order valence-electron chi connectivity index (χ4n) is 0.999. The molecular formula is C10H10Cl3N. The average molecular weight is 251 g/mol. The van der Waals surface area contributed by atoms with E-state index < -0.39 is 0 Å². The van der Waals surface area contributed by atoms with E-state index in [0.29, 0.717) is 5.02 Å². The summed E-state index contributed by atoms with van der Waals surface area (Å²) in [5.74, 6) is 0. The zero-order valence-corrected chi connectivity index (χ0v) is 9.74. The maximum Gasteiger partial charge on any atom is 0.343 e. The normalized spacial score (nSPS) is 7.71. The Balaban J connectivity index is 0. The number of rotatable bonds is 2. The second kappa shape index (κ2) is 7.70. The highest BCUT2D eigenvalue weighted by Gasteiger charge is 2.08. The maximum absolute atomic E-state index is 5.79. The van der Waals surface area contributed by atoms with E-state index in [-0.39, 0.29) is 24.8 Å². The van der Waals surface area contributed by atoms with Gasteiger partial charge in [0.05, 0.1) is 0 Å². The van der Waals surface area contributed by atoms with Gasteiger partial charge in [-0.1, -0.05) is 17.7 Å². The van der Waals surface area contributed by atoms with Crippen molar-refractivity contribution >= 4 is 29.7 Å². The summed E-state index contributed by atoms with van der Waals surface area (Å²) in [5.41, 5.74) is 1.76. The molecule has 0 aliphatic rings. The first-order valence-corrected chi connectivity index (χ1v) is 3.96. The smallest absolute Gasteiger partial charge is 0.343 e. The number of hydrogen-bond donors (Lipinski definition) is 0. The van der Waals surface area contributed by atoms with E-state index in [0.717, 1.165) is 17.7 Å². The predicted octanol–water partition coefficient (Wildman–Crippen LogP) is 1.09. The molecule has 0 fully saturated rings. The van der Waals surface area contributed by atoms with Crippen molar-refractivity contribution in [2.75, 3.05) is 0 Å². The minimum Gasteiger partial charge on any atom is -1.00 e. The molecule has 1 aromatic carbocycles. The van der Waals surface area contributed by atoms with Crippen molar-refractivity contribution in [3.05, 3.63) is 46.3 Å². The standard InChI is InChI=1S/C10H9ClN.2ClH/c1-3-4-8-7-9(11)5-6-10(8)12-2;;/h2-3,5-7H,1,4H2;2*1H/q+1;;/p-1. The van der Waals surface area contributed by atoms with E-state index in [9.17, 15) is 0 Å². The number of nitrogens with zero attached hydrogens (tertiary/aromatic N) is 1. The Morgan fingerprint density at radius 1 is 1.50 bits per heavy atom. The average Bonchev–Trinajstić information content (AvgIpc) is 2.05. The van der Waals surface area contributed by atoms with E-state index in [1.165, 1.54) is 0 Å².